The van der Waals surface area contributed by atoms with Crippen LogP contribution in [0.3, 0.4) is 0 Å². The molecule has 3 N–H and O–H groups in total. The van der Waals surface area contributed by atoms with Crippen LogP contribution in [0.25, 0.3) is 0 Å². The van der Waals surface area contributed by atoms with E-state index in [0.717, 1.165) is 32.5 Å². The van der Waals surface area contributed by atoms with Crippen molar-refractivity contribution in [3.63, 3.8) is 0 Å². The molecule has 4 heteroatoms. The van der Waals surface area contributed by atoms with Gasteiger partial charge in [-0.25, -0.2) is 0 Å². The van der Waals surface area contributed by atoms with Gasteiger partial charge in [-0.2, -0.15) is 0 Å². The number of hydrogen-bond acceptors (Lipinski definition) is 3. The van der Waals surface area contributed by atoms with Crippen molar-refractivity contribution in [1.82, 2.24) is 10.2 Å². The van der Waals surface area contributed by atoms with Crippen molar-refractivity contribution in [1.29, 1.82) is 0 Å². The number of amides is 1. The number of piperidine rings is 1. The van der Waals surface area contributed by atoms with E-state index in [2.05, 4.69) is 47.5 Å². The first-order chi connectivity index (χ1) is 10.1. The number of nitrogens with two attached hydrogens (primary N) is 1. The maximum Gasteiger partial charge on any atom is 0.220 e. The highest BCUT2D eigenvalue weighted by Crippen LogP contribution is 2.24. The van der Waals surface area contributed by atoms with Crippen LogP contribution in [0.15, 0.2) is 30.3 Å². The molecule has 0 aromatic heterocycles. The first kappa shape index (κ1) is 16.0. The quantitative estimate of drug-likeness (QED) is 0.839. The molecule has 2 rings (SSSR count). The number of likely N-dealkylation sites (tertiary alicyclic amines) is 1. The van der Waals surface area contributed by atoms with Crippen molar-refractivity contribution in [2.75, 3.05) is 26.7 Å². The molecule has 116 valence electrons. The first-order valence-electron chi connectivity index (χ1n) is 7.85. The summed E-state index contributed by atoms with van der Waals surface area (Å²) in [6.07, 6.45) is 1.80. The molecule has 1 aliphatic rings. The lowest BCUT2D eigenvalue weighted by Crippen LogP contribution is -2.42. The molecule has 1 fully saturated rings. The van der Waals surface area contributed by atoms with Gasteiger partial charge < -0.3 is 16.0 Å². The third-order valence-electron chi connectivity index (χ3n) is 4.57. The Balaban J connectivity index is 1.89. The summed E-state index contributed by atoms with van der Waals surface area (Å²) in [7, 11) is 2.02. The molecule has 1 aromatic carbocycles. The van der Waals surface area contributed by atoms with E-state index in [9.17, 15) is 4.79 Å². The molecule has 0 saturated carbocycles. The third-order valence-corrected chi connectivity index (χ3v) is 4.57. The van der Waals surface area contributed by atoms with Gasteiger partial charge in [-0.3, -0.25) is 4.79 Å². The Morgan fingerprint density at radius 1 is 1.33 bits per heavy atom. The summed E-state index contributed by atoms with van der Waals surface area (Å²) in [5.41, 5.74) is 6.73. The van der Waals surface area contributed by atoms with Crippen LogP contribution in [0.5, 0.6) is 0 Å². The van der Waals surface area contributed by atoms with Crippen LogP contribution in [-0.2, 0) is 4.79 Å². The normalized spacial score (nSPS) is 20.1. The zero-order valence-corrected chi connectivity index (χ0v) is 13.1. The molecule has 1 aromatic rings. The number of carbonyl (C=O) groups excluding carboxylic acids is 1. The monoisotopic (exact) mass is 289 g/mol. The second kappa shape index (κ2) is 7.57. The molecule has 0 unspecified atom stereocenters. The van der Waals surface area contributed by atoms with Crippen LogP contribution in [0.1, 0.15) is 31.4 Å². The van der Waals surface area contributed by atoms with E-state index < -0.39 is 0 Å². The Kier molecular flexibility index (Phi) is 5.76. The molecule has 0 radical (unpaired) electrons. The third kappa shape index (κ3) is 4.29. The molecule has 1 saturated heterocycles. The Morgan fingerprint density at radius 2 is 1.95 bits per heavy atom. The van der Waals surface area contributed by atoms with Gasteiger partial charge in [-0.05, 0) is 44.5 Å². The summed E-state index contributed by atoms with van der Waals surface area (Å²) in [4.78, 5) is 13.7. The molecular formula is C17H27N3O. The smallest absolute Gasteiger partial charge is 0.220 e. The average molecular weight is 289 g/mol. The van der Waals surface area contributed by atoms with Crippen LogP contribution in [0.2, 0.25) is 0 Å². The highest BCUT2D eigenvalue weighted by molar-refractivity contribution is 5.76. The minimum absolute atomic E-state index is 0.0748. The van der Waals surface area contributed by atoms with Gasteiger partial charge in [0.15, 0.2) is 0 Å². The van der Waals surface area contributed by atoms with Crippen LogP contribution in [-0.4, -0.2) is 37.5 Å². The van der Waals surface area contributed by atoms with Crippen LogP contribution < -0.4 is 11.1 Å². The predicted molar refractivity (Wildman–Crippen MR) is 85.8 cm³/mol. The SMILES string of the molecule is CN[C@@H](c1ccccc1)[C@@H](C)CN1CCC(C(N)=O)CC1. The van der Waals surface area contributed by atoms with Crippen LogP contribution >= 0.6 is 0 Å². The van der Waals surface area contributed by atoms with Gasteiger partial charge >= 0.3 is 0 Å². The molecule has 21 heavy (non-hydrogen) atoms. The van der Waals surface area contributed by atoms with Crippen molar-refractivity contribution >= 4 is 5.91 Å². The molecule has 0 bridgehead atoms. The van der Waals surface area contributed by atoms with Crippen molar-refractivity contribution in [2.24, 2.45) is 17.6 Å². The lowest BCUT2D eigenvalue weighted by atomic mass is 9.91. The van der Waals surface area contributed by atoms with Crippen molar-refractivity contribution < 1.29 is 4.79 Å². The topological polar surface area (TPSA) is 58.4 Å². The number of nitrogens with zero attached hydrogens (tertiary/aromatic N) is 1. The van der Waals surface area contributed by atoms with Crippen molar-refractivity contribution in [3.05, 3.63) is 35.9 Å². The van der Waals surface area contributed by atoms with Crippen molar-refractivity contribution in [3.8, 4) is 0 Å². The highest BCUT2D eigenvalue weighted by Gasteiger charge is 2.26. The van der Waals surface area contributed by atoms with Gasteiger partial charge in [0.05, 0.1) is 0 Å². The van der Waals surface area contributed by atoms with Crippen molar-refractivity contribution in [2.45, 2.75) is 25.8 Å². The summed E-state index contributed by atoms with van der Waals surface area (Å²) in [6.45, 7) is 5.28. The number of rotatable bonds is 6. The maximum absolute atomic E-state index is 11.2. The minimum atomic E-state index is -0.139. The largest absolute Gasteiger partial charge is 0.369 e. The van der Waals surface area contributed by atoms with Gasteiger partial charge in [0.25, 0.3) is 0 Å². The van der Waals surface area contributed by atoms with Gasteiger partial charge in [-0.1, -0.05) is 37.3 Å². The zero-order valence-electron chi connectivity index (χ0n) is 13.1. The average Bonchev–Trinajstić information content (AvgIpc) is 2.49. The molecular weight excluding hydrogens is 262 g/mol. The first-order valence-corrected chi connectivity index (χ1v) is 7.85. The van der Waals surface area contributed by atoms with Crippen LogP contribution in [0.4, 0.5) is 0 Å². The molecule has 0 spiro atoms. The lowest BCUT2D eigenvalue weighted by molar-refractivity contribution is -0.123. The second-order valence-electron chi connectivity index (χ2n) is 6.13. The lowest BCUT2D eigenvalue weighted by Gasteiger charge is -2.34. The molecule has 0 aliphatic carbocycles. The molecule has 1 amide bonds. The van der Waals surface area contributed by atoms with E-state index in [-0.39, 0.29) is 11.8 Å². The van der Waals surface area contributed by atoms with E-state index in [0.29, 0.717) is 12.0 Å². The fourth-order valence-electron chi connectivity index (χ4n) is 3.35. The number of hydrogen-bond donors (Lipinski definition) is 2. The van der Waals surface area contributed by atoms with Gasteiger partial charge in [0, 0.05) is 18.5 Å². The molecule has 4 nitrogen and oxygen atoms in total. The molecule has 2 atom stereocenters. The van der Waals surface area contributed by atoms with Crippen LogP contribution in [0, 0.1) is 11.8 Å². The number of carbonyl (C=O) groups is 1. The summed E-state index contributed by atoms with van der Waals surface area (Å²) in [5.74, 6) is 0.452. The Hall–Kier alpha value is -1.39. The number of primary amides is 1. The summed E-state index contributed by atoms with van der Waals surface area (Å²) in [6, 6.07) is 10.9. The standard InChI is InChI=1S/C17H27N3O/c1-13(16(19-2)14-6-4-3-5-7-14)12-20-10-8-15(9-11-20)17(18)21/h3-7,13,15-16,19H,8-12H2,1-2H3,(H2,18,21)/t13-,16+/m0/s1. The highest BCUT2D eigenvalue weighted by atomic mass is 16.1. The number of nitrogens with one attached hydrogen (secondary N) is 1. The maximum atomic E-state index is 11.2. The molecule has 1 aliphatic heterocycles. The minimum Gasteiger partial charge on any atom is -0.369 e. The van der Waals surface area contributed by atoms with E-state index in [1.165, 1.54) is 5.56 Å². The predicted octanol–water partition coefficient (Wildman–Crippen LogP) is 1.78. The Labute approximate surface area is 127 Å². The second-order valence-corrected chi connectivity index (χ2v) is 6.13. The fraction of sp³-hybridized carbons (Fsp3) is 0.588. The van der Waals surface area contributed by atoms with Gasteiger partial charge in [0.2, 0.25) is 5.91 Å². The molecule has 1 heterocycles. The van der Waals surface area contributed by atoms with Gasteiger partial charge in [0.1, 0.15) is 0 Å². The van der Waals surface area contributed by atoms with E-state index >= 15 is 0 Å². The summed E-state index contributed by atoms with van der Waals surface area (Å²) >= 11 is 0. The zero-order chi connectivity index (χ0) is 15.2. The van der Waals surface area contributed by atoms with E-state index in [4.69, 9.17) is 5.73 Å². The fourth-order valence-corrected chi connectivity index (χ4v) is 3.35. The van der Waals surface area contributed by atoms with E-state index in [1.807, 2.05) is 7.05 Å². The Morgan fingerprint density at radius 3 is 2.48 bits per heavy atom. The number of benzene rings is 1. The summed E-state index contributed by atoms with van der Waals surface area (Å²) in [5, 5.41) is 3.43. The Bertz CT molecular complexity index is 441. The van der Waals surface area contributed by atoms with E-state index in [1.54, 1.807) is 0 Å². The summed E-state index contributed by atoms with van der Waals surface area (Å²) < 4.78 is 0. The van der Waals surface area contributed by atoms with Gasteiger partial charge in [-0.15, -0.1) is 0 Å².